The predicted octanol–water partition coefficient (Wildman–Crippen LogP) is 10.4. The second kappa shape index (κ2) is 18.2. The maximum absolute atomic E-state index is 6.93. The van der Waals surface area contributed by atoms with Crippen LogP contribution >= 0.6 is 0 Å². The Balaban J connectivity index is 1.67. The molecule has 3 heteroatoms. The summed E-state index contributed by atoms with van der Waals surface area (Å²) in [5, 5.41) is 0. The molecule has 0 saturated heterocycles. The fourth-order valence-corrected chi connectivity index (χ4v) is 6.66. The molecule has 0 heterocycles. The quantitative estimate of drug-likeness (QED) is 0.345. The average Bonchev–Trinajstić information content (AvgIpc) is 2.86. The van der Waals surface area contributed by atoms with Gasteiger partial charge in [0.2, 0.25) is 0 Å². The molecule has 3 fully saturated rings. The predicted molar refractivity (Wildman–Crippen MR) is 148 cm³/mol. The van der Waals surface area contributed by atoms with E-state index in [0.29, 0.717) is 0 Å². The summed E-state index contributed by atoms with van der Waals surface area (Å²) in [6, 6.07) is 0. The number of hydrogen-bond acceptors (Lipinski definition) is 3. The van der Waals surface area contributed by atoms with Crippen LogP contribution in [0.4, 0.5) is 0 Å². The van der Waals surface area contributed by atoms with Crippen molar-refractivity contribution in [2.45, 2.75) is 205 Å². The Kier molecular flexibility index (Phi) is 15.3. The summed E-state index contributed by atoms with van der Waals surface area (Å²) in [5.74, 6) is -0.891. The van der Waals surface area contributed by atoms with Crippen molar-refractivity contribution in [3.8, 4) is 0 Å². The Hall–Kier alpha value is -0.120. The van der Waals surface area contributed by atoms with Crippen LogP contribution in [0.25, 0.3) is 0 Å². The van der Waals surface area contributed by atoms with E-state index in [1.165, 1.54) is 135 Å². The van der Waals surface area contributed by atoms with Crippen molar-refractivity contribution in [3.63, 3.8) is 0 Å². The highest BCUT2D eigenvalue weighted by Crippen LogP contribution is 2.32. The Morgan fingerprint density at radius 1 is 0.314 bits per heavy atom. The van der Waals surface area contributed by atoms with Gasteiger partial charge in [0.1, 0.15) is 0 Å². The van der Waals surface area contributed by atoms with Gasteiger partial charge in [0.25, 0.3) is 5.97 Å². The third-order valence-electron chi connectivity index (χ3n) is 8.80. The molecule has 0 N–H and O–H groups in total. The van der Waals surface area contributed by atoms with Gasteiger partial charge in [-0.1, -0.05) is 135 Å². The minimum absolute atomic E-state index is 0.275. The highest BCUT2D eigenvalue weighted by Gasteiger charge is 2.36. The first kappa shape index (κ1) is 29.4. The molecule has 0 aromatic carbocycles. The Morgan fingerprint density at radius 2 is 0.486 bits per heavy atom. The van der Waals surface area contributed by atoms with Gasteiger partial charge < -0.3 is 14.2 Å². The van der Waals surface area contributed by atoms with Gasteiger partial charge in [0.05, 0.1) is 18.3 Å². The van der Waals surface area contributed by atoms with Crippen LogP contribution in [0.5, 0.6) is 0 Å². The second-order valence-electron chi connectivity index (χ2n) is 12.2. The lowest BCUT2D eigenvalue weighted by Gasteiger charge is -2.39. The molecule has 0 unspecified atom stereocenters. The smallest absolute Gasteiger partial charge is 0.280 e. The monoisotopic (exact) mass is 492 g/mol. The average molecular weight is 493 g/mol. The zero-order valence-electron chi connectivity index (χ0n) is 23.5. The maximum Gasteiger partial charge on any atom is 0.280 e. The van der Waals surface area contributed by atoms with Crippen LogP contribution in [0.15, 0.2) is 0 Å². The molecule has 0 spiro atoms. The van der Waals surface area contributed by atoms with Gasteiger partial charge in [-0.05, 0) is 38.5 Å². The van der Waals surface area contributed by atoms with Crippen LogP contribution in [0.2, 0.25) is 0 Å². The molecular weight excluding hydrogens is 432 g/mol. The SMILES string of the molecule is CC(OC1CCCCCCCCC1)(OC1CCCCCCCCC1)OC1CCCCCCCCC1. The molecule has 206 valence electrons. The molecule has 3 rings (SSSR count). The minimum Gasteiger partial charge on any atom is -0.324 e. The van der Waals surface area contributed by atoms with Crippen LogP contribution in [-0.4, -0.2) is 24.3 Å². The molecule has 0 radical (unpaired) electrons. The van der Waals surface area contributed by atoms with Gasteiger partial charge in [-0.3, -0.25) is 0 Å². The summed E-state index contributed by atoms with van der Waals surface area (Å²) >= 11 is 0. The molecule has 0 amide bonds. The van der Waals surface area contributed by atoms with Crippen LogP contribution in [0.1, 0.15) is 180 Å². The lowest BCUT2D eigenvalue weighted by molar-refractivity contribution is -0.410. The molecule has 0 aromatic heterocycles. The number of hydrogen-bond donors (Lipinski definition) is 0. The molecule has 0 aromatic rings. The molecule has 3 aliphatic carbocycles. The zero-order chi connectivity index (χ0) is 24.4. The van der Waals surface area contributed by atoms with E-state index in [4.69, 9.17) is 14.2 Å². The summed E-state index contributed by atoms with van der Waals surface area (Å²) in [7, 11) is 0. The van der Waals surface area contributed by atoms with E-state index in [2.05, 4.69) is 6.92 Å². The summed E-state index contributed by atoms with van der Waals surface area (Å²) in [6.45, 7) is 2.14. The van der Waals surface area contributed by atoms with Crippen molar-refractivity contribution in [2.24, 2.45) is 0 Å². The molecule has 0 aliphatic heterocycles. The number of rotatable bonds is 6. The highest BCUT2D eigenvalue weighted by molar-refractivity contribution is 4.71. The van der Waals surface area contributed by atoms with Crippen molar-refractivity contribution >= 4 is 0 Å². The van der Waals surface area contributed by atoms with E-state index in [9.17, 15) is 0 Å². The largest absolute Gasteiger partial charge is 0.324 e. The summed E-state index contributed by atoms with van der Waals surface area (Å²) < 4.78 is 20.8. The minimum atomic E-state index is -0.891. The Bertz CT molecular complexity index is 408. The van der Waals surface area contributed by atoms with E-state index in [-0.39, 0.29) is 18.3 Å². The van der Waals surface area contributed by atoms with Crippen LogP contribution in [0.3, 0.4) is 0 Å². The van der Waals surface area contributed by atoms with Crippen LogP contribution in [0, 0.1) is 0 Å². The topological polar surface area (TPSA) is 27.7 Å². The van der Waals surface area contributed by atoms with Gasteiger partial charge in [-0.15, -0.1) is 0 Å². The fraction of sp³-hybridized carbons (Fsp3) is 1.00. The molecule has 3 aliphatic rings. The van der Waals surface area contributed by atoms with Crippen molar-refractivity contribution in [3.05, 3.63) is 0 Å². The van der Waals surface area contributed by atoms with Crippen molar-refractivity contribution in [2.75, 3.05) is 0 Å². The van der Waals surface area contributed by atoms with Gasteiger partial charge in [-0.25, -0.2) is 0 Å². The normalized spacial score (nSPS) is 25.6. The lowest BCUT2D eigenvalue weighted by Crippen LogP contribution is -2.45. The first-order valence-corrected chi connectivity index (χ1v) is 16.3. The van der Waals surface area contributed by atoms with Gasteiger partial charge >= 0.3 is 0 Å². The van der Waals surface area contributed by atoms with Crippen molar-refractivity contribution in [1.29, 1.82) is 0 Å². The Morgan fingerprint density at radius 3 is 0.686 bits per heavy atom. The van der Waals surface area contributed by atoms with Crippen LogP contribution in [-0.2, 0) is 14.2 Å². The summed E-state index contributed by atoms with van der Waals surface area (Å²) in [4.78, 5) is 0. The van der Waals surface area contributed by atoms with E-state index < -0.39 is 5.97 Å². The molecular formula is C32H60O3. The molecule has 0 bridgehead atoms. The molecule has 3 saturated carbocycles. The fourth-order valence-electron chi connectivity index (χ4n) is 6.66. The van der Waals surface area contributed by atoms with Crippen molar-refractivity contribution in [1.82, 2.24) is 0 Å². The van der Waals surface area contributed by atoms with E-state index in [1.54, 1.807) is 0 Å². The summed E-state index contributed by atoms with van der Waals surface area (Å²) in [5.41, 5.74) is 0. The van der Waals surface area contributed by atoms with E-state index >= 15 is 0 Å². The van der Waals surface area contributed by atoms with Crippen molar-refractivity contribution < 1.29 is 14.2 Å². The highest BCUT2D eigenvalue weighted by atomic mass is 16.9. The molecule has 35 heavy (non-hydrogen) atoms. The van der Waals surface area contributed by atoms with Gasteiger partial charge in [0, 0.05) is 6.92 Å². The summed E-state index contributed by atoms with van der Waals surface area (Å²) in [6.07, 6.45) is 36.2. The zero-order valence-corrected chi connectivity index (χ0v) is 23.5. The van der Waals surface area contributed by atoms with Gasteiger partial charge in [-0.2, -0.15) is 0 Å². The third-order valence-corrected chi connectivity index (χ3v) is 8.80. The molecule has 3 nitrogen and oxygen atoms in total. The first-order valence-electron chi connectivity index (χ1n) is 16.3. The third kappa shape index (κ3) is 13.3. The lowest BCUT2D eigenvalue weighted by atomic mass is 9.98. The van der Waals surface area contributed by atoms with Crippen LogP contribution < -0.4 is 0 Å². The standard InChI is InChI=1S/C32H60O3/c1-32(33-29-23-17-11-5-2-6-12-18-24-29,34-30-25-19-13-7-3-8-14-20-26-30)35-31-27-21-15-9-4-10-16-22-28-31/h29-31H,2-28H2,1H3. The Labute approximate surface area is 218 Å². The molecule has 0 atom stereocenters. The maximum atomic E-state index is 6.93. The van der Waals surface area contributed by atoms with E-state index in [1.807, 2.05) is 0 Å². The second-order valence-corrected chi connectivity index (χ2v) is 12.2. The van der Waals surface area contributed by atoms with E-state index in [0.717, 1.165) is 38.5 Å². The first-order chi connectivity index (χ1) is 17.2. The van der Waals surface area contributed by atoms with Gasteiger partial charge in [0.15, 0.2) is 0 Å². The number of ether oxygens (including phenoxy) is 3.